The van der Waals surface area contributed by atoms with Crippen LogP contribution < -0.4 is 4.90 Å². The molecule has 144 valence electrons. The number of sulfonamides is 1. The largest absolute Gasteiger partial charge is 0.379 e. The Balaban J connectivity index is 1.95. The van der Waals surface area contributed by atoms with Crippen LogP contribution in [0.5, 0.6) is 0 Å². The lowest BCUT2D eigenvalue weighted by Crippen LogP contribution is -2.41. The molecule has 2 aliphatic rings. The molecule has 26 heavy (non-hydrogen) atoms. The van der Waals surface area contributed by atoms with Gasteiger partial charge < -0.3 is 9.64 Å². The highest BCUT2D eigenvalue weighted by molar-refractivity contribution is 7.89. The van der Waals surface area contributed by atoms with Crippen LogP contribution in [0.4, 0.5) is 11.4 Å². The quantitative estimate of drug-likeness (QED) is 0.584. The Morgan fingerprint density at radius 2 is 1.77 bits per heavy atom. The van der Waals surface area contributed by atoms with Crippen LogP contribution in [0, 0.1) is 22.0 Å². The maximum absolute atomic E-state index is 12.8. The van der Waals surface area contributed by atoms with Crippen molar-refractivity contribution in [3.05, 3.63) is 28.3 Å². The summed E-state index contributed by atoms with van der Waals surface area (Å²) in [5, 5.41) is 11.6. The van der Waals surface area contributed by atoms with E-state index >= 15 is 0 Å². The van der Waals surface area contributed by atoms with E-state index in [0.717, 1.165) is 19.5 Å². The Morgan fingerprint density at radius 3 is 2.35 bits per heavy atom. The van der Waals surface area contributed by atoms with Gasteiger partial charge in [-0.2, -0.15) is 4.31 Å². The van der Waals surface area contributed by atoms with Gasteiger partial charge in [0.1, 0.15) is 5.69 Å². The van der Waals surface area contributed by atoms with Crippen molar-refractivity contribution in [2.45, 2.75) is 25.2 Å². The van der Waals surface area contributed by atoms with Crippen molar-refractivity contribution in [3.63, 3.8) is 0 Å². The number of hydrogen-bond acceptors (Lipinski definition) is 6. The Kier molecular flexibility index (Phi) is 5.50. The number of nitro groups is 1. The van der Waals surface area contributed by atoms with Gasteiger partial charge in [0.15, 0.2) is 0 Å². The molecule has 9 heteroatoms. The lowest BCUT2D eigenvalue weighted by Gasteiger charge is -2.36. The molecule has 3 rings (SSSR count). The molecule has 2 heterocycles. The lowest BCUT2D eigenvalue weighted by molar-refractivity contribution is -0.384. The molecule has 0 saturated carbocycles. The monoisotopic (exact) mass is 383 g/mol. The van der Waals surface area contributed by atoms with E-state index in [1.807, 2.05) is 4.90 Å². The molecule has 2 atom stereocenters. The first-order chi connectivity index (χ1) is 12.3. The Labute approximate surface area is 153 Å². The standard InChI is InChI=1S/C17H25N3O5S/c1-13-9-14(2)12-18(11-13)16-4-3-15(10-17(16)20(21)22)26(23,24)19-5-7-25-8-6-19/h3-4,10,13-14H,5-9,11-12H2,1-2H3/t13-,14+. The van der Waals surface area contributed by atoms with Crippen LogP contribution in [0.1, 0.15) is 20.3 Å². The molecule has 1 aromatic carbocycles. The third kappa shape index (κ3) is 3.84. The molecule has 2 aliphatic heterocycles. The zero-order valence-corrected chi connectivity index (χ0v) is 15.9. The molecular formula is C17H25N3O5S. The number of rotatable bonds is 4. The molecule has 1 aromatic rings. The van der Waals surface area contributed by atoms with Crippen molar-refractivity contribution < 1.29 is 18.1 Å². The first-order valence-corrected chi connectivity index (χ1v) is 10.3. The fourth-order valence-electron chi connectivity index (χ4n) is 3.87. The van der Waals surface area contributed by atoms with E-state index in [1.165, 1.54) is 16.4 Å². The highest BCUT2D eigenvalue weighted by Crippen LogP contribution is 2.35. The minimum absolute atomic E-state index is 0.0343. The molecule has 0 amide bonds. The number of ether oxygens (including phenoxy) is 1. The van der Waals surface area contributed by atoms with Crippen LogP contribution in [0.25, 0.3) is 0 Å². The average molecular weight is 383 g/mol. The van der Waals surface area contributed by atoms with E-state index in [0.29, 0.717) is 30.7 Å². The molecule has 2 fully saturated rings. The van der Waals surface area contributed by atoms with Gasteiger partial charge in [0.2, 0.25) is 10.0 Å². The predicted octanol–water partition coefficient (Wildman–Crippen LogP) is 2.10. The van der Waals surface area contributed by atoms with Gasteiger partial charge in [0, 0.05) is 32.2 Å². The van der Waals surface area contributed by atoms with E-state index in [1.54, 1.807) is 6.07 Å². The third-order valence-electron chi connectivity index (χ3n) is 4.96. The smallest absolute Gasteiger partial charge is 0.293 e. The third-order valence-corrected chi connectivity index (χ3v) is 6.86. The second kappa shape index (κ2) is 7.50. The minimum Gasteiger partial charge on any atom is -0.379 e. The summed E-state index contributed by atoms with van der Waals surface area (Å²) < 4.78 is 32.1. The van der Waals surface area contributed by atoms with Crippen molar-refractivity contribution in [1.82, 2.24) is 4.31 Å². The first kappa shape index (κ1) is 19.1. The van der Waals surface area contributed by atoms with Gasteiger partial charge in [-0.25, -0.2) is 8.42 Å². The molecule has 0 N–H and O–H groups in total. The maximum Gasteiger partial charge on any atom is 0.293 e. The molecule has 0 unspecified atom stereocenters. The highest BCUT2D eigenvalue weighted by atomic mass is 32.2. The van der Waals surface area contributed by atoms with Crippen LogP contribution in [0.2, 0.25) is 0 Å². The number of nitrogens with zero attached hydrogens (tertiary/aromatic N) is 3. The lowest BCUT2D eigenvalue weighted by atomic mass is 9.91. The SMILES string of the molecule is C[C@@H]1C[C@H](C)CN(c2ccc(S(=O)(=O)N3CCOCC3)cc2[N+](=O)[O-])C1. The van der Waals surface area contributed by atoms with Crippen molar-refractivity contribution in [3.8, 4) is 0 Å². The van der Waals surface area contributed by atoms with Gasteiger partial charge in [0.05, 0.1) is 23.0 Å². The zero-order chi connectivity index (χ0) is 18.9. The topological polar surface area (TPSA) is 93.0 Å². The number of benzene rings is 1. The summed E-state index contributed by atoms with van der Waals surface area (Å²) >= 11 is 0. The van der Waals surface area contributed by atoms with Gasteiger partial charge in [-0.15, -0.1) is 0 Å². The van der Waals surface area contributed by atoms with Gasteiger partial charge in [-0.1, -0.05) is 13.8 Å². The van der Waals surface area contributed by atoms with Crippen molar-refractivity contribution >= 4 is 21.4 Å². The van der Waals surface area contributed by atoms with E-state index in [4.69, 9.17) is 4.74 Å². The maximum atomic E-state index is 12.8. The zero-order valence-electron chi connectivity index (χ0n) is 15.1. The van der Waals surface area contributed by atoms with E-state index < -0.39 is 14.9 Å². The van der Waals surface area contributed by atoms with Crippen LogP contribution in [0.15, 0.2) is 23.1 Å². The number of morpholine rings is 1. The fraction of sp³-hybridized carbons (Fsp3) is 0.647. The normalized spacial score (nSPS) is 25.2. The summed E-state index contributed by atoms with van der Waals surface area (Å²) in [5.74, 6) is 0.880. The molecule has 0 aromatic heterocycles. The summed E-state index contributed by atoms with van der Waals surface area (Å²) in [6.45, 7) is 6.93. The van der Waals surface area contributed by atoms with E-state index in [-0.39, 0.29) is 23.7 Å². The van der Waals surface area contributed by atoms with Crippen LogP contribution >= 0.6 is 0 Å². The number of anilines is 1. The Morgan fingerprint density at radius 1 is 1.15 bits per heavy atom. The predicted molar refractivity (Wildman–Crippen MR) is 97.8 cm³/mol. The second-order valence-electron chi connectivity index (χ2n) is 7.28. The van der Waals surface area contributed by atoms with E-state index in [2.05, 4.69) is 13.8 Å². The number of hydrogen-bond donors (Lipinski definition) is 0. The second-order valence-corrected chi connectivity index (χ2v) is 9.21. The van der Waals surface area contributed by atoms with Gasteiger partial charge in [-0.3, -0.25) is 10.1 Å². The molecule has 8 nitrogen and oxygen atoms in total. The van der Waals surface area contributed by atoms with Gasteiger partial charge in [0.25, 0.3) is 5.69 Å². The summed E-state index contributed by atoms with van der Waals surface area (Å²) in [5.41, 5.74) is 0.343. The molecular weight excluding hydrogens is 358 g/mol. The minimum atomic E-state index is -3.76. The van der Waals surface area contributed by atoms with Gasteiger partial charge >= 0.3 is 0 Å². The highest BCUT2D eigenvalue weighted by Gasteiger charge is 2.31. The van der Waals surface area contributed by atoms with Crippen LogP contribution in [-0.4, -0.2) is 57.0 Å². The van der Waals surface area contributed by atoms with Gasteiger partial charge in [-0.05, 0) is 30.4 Å². The molecule has 2 saturated heterocycles. The number of nitro benzene ring substituents is 1. The molecule has 0 spiro atoms. The Bertz CT molecular complexity index is 767. The van der Waals surface area contributed by atoms with Crippen LogP contribution in [-0.2, 0) is 14.8 Å². The van der Waals surface area contributed by atoms with Crippen LogP contribution in [0.3, 0.4) is 0 Å². The van der Waals surface area contributed by atoms with E-state index in [9.17, 15) is 18.5 Å². The summed E-state index contributed by atoms with van der Waals surface area (Å²) in [6, 6.07) is 4.26. The molecule has 0 bridgehead atoms. The first-order valence-electron chi connectivity index (χ1n) is 8.90. The molecule has 0 radical (unpaired) electrons. The number of piperidine rings is 1. The van der Waals surface area contributed by atoms with Crippen molar-refractivity contribution in [2.75, 3.05) is 44.3 Å². The van der Waals surface area contributed by atoms with Crippen molar-refractivity contribution in [2.24, 2.45) is 11.8 Å². The Hall–Kier alpha value is -1.71. The summed E-state index contributed by atoms with van der Waals surface area (Å²) in [7, 11) is -3.76. The fourth-order valence-corrected chi connectivity index (χ4v) is 5.30. The summed E-state index contributed by atoms with van der Waals surface area (Å²) in [4.78, 5) is 13.1. The average Bonchev–Trinajstić information content (AvgIpc) is 2.61. The van der Waals surface area contributed by atoms with Crippen molar-refractivity contribution in [1.29, 1.82) is 0 Å². The molecule has 0 aliphatic carbocycles. The summed E-state index contributed by atoms with van der Waals surface area (Å²) in [6.07, 6.45) is 1.09.